The van der Waals surface area contributed by atoms with Gasteiger partial charge >= 0.3 is 8.97 Å². The maximum atomic E-state index is 5.93. The van der Waals surface area contributed by atoms with Gasteiger partial charge in [0.15, 0.2) is 0 Å². The highest BCUT2D eigenvalue weighted by molar-refractivity contribution is 6.57. The molecule has 0 aliphatic carbocycles. The van der Waals surface area contributed by atoms with Crippen LogP contribution in [-0.2, 0) is 13.3 Å². The van der Waals surface area contributed by atoms with Crippen molar-refractivity contribution in [1.82, 2.24) is 4.57 Å². The third-order valence-corrected chi connectivity index (χ3v) is 6.16. The molecule has 5 heteroatoms. The summed E-state index contributed by atoms with van der Waals surface area (Å²) in [7, 11) is -2.59. The maximum absolute atomic E-state index is 5.93. The second-order valence-corrected chi connectivity index (χ2v) is 6.77. The molecule has 0 bridgehead atoms. The molecule has 4 nitrogen and oxygen atoms in total. The van der Waals surface area contributed by atoms with Gasteiger partial charge in [0.1, 0.15) is 0 Å². The van der Waals surface area contributed by atoms with Crippen molar-refractivity contribution in [2.24, 2.45) is 0 Å². The third-order valence-electron chi connectivity index (χ3n) is 2.97. The molecule has 0 aromatic carbocycles. The fourth-order valence-electron chi connectivity index (χ4n) is 2.29. The van der Waals surface area contributed by atoms with Crippen molar-refractivity contribution < 1.29 is 13.3 Å². The third kappa shape index (κ3) is 4.33. The molecule has 0 saturated carbocycles. The van der Waals surface area contributed by atoms with Gasteiger partial charge in [0.2, 0.25) is 0 Å². The lowest BCUT2D eigenvalue weighted by Crippen LogP contribution is -2.61. The van der Waals surface area contributed by atoms with E-state index in [0.29, 0.717) is 19.8 Å². The monoisotopic (exact) mass is 261 g/mol. The zero-order chi connectivity index (χ0) is 12.6. The predicted octanol–water partition coefficient (Wildman–Crippen LogP) is 2.41. The van der Waals surface area contributed by atoms with Crippen molar-refractivity contribution in [1.29, 1.82) is 0 Å². The van der Waals surface area contributed by atoms with Gasteiger partial charge in [-0.1, -0.05) is 12.8 Å². The van der Waals surface area contributed by atoms with Crippen LogP contribution in [0.15, 0.2) is 0 Å². The quantitative estimate of drug-likeness (QED) is 0.659. The number of hydrogen-bond donors (Lipinski definition) is 0. The summed E-state index contributed by atoms with van der Waals surface area (Å²) >= 11 is 0. The van der Waals surface area contributed by atoms with Gasteiger partial charge in [0, 0.05) is 19.8 Å². The fourth-order valence-corrected chi connectivity index (χ4v) is 5.05. The Morgan fingerprint density at radius 2 is 1.18 bits per heavy atom. The lowest BCUT2D eigenvalue weighted by molar-refractivity contribution is 0.0175. The molecular formula is C12H27NO3Si. The first kappa shape index (κ1) is 15.1. The average Bonchev–Trinajstić information content (AvgIpc) is 2.58. The van der Waals surface area contributed by atoms with Crippen molar-refractivity contribution in [3.63, 3.8) is 0 Å². The second-order valence-electron chi connectivity index (χ2n) is 4.22. The van der Waals surface area contributed by atoms with Gasteiger partial charge < -0.3 is 13.3 Å². The van der Waals surface area contributed by atoms with Crippen molar-refractivity contribution >= 4 is 8.97 Å². The molecule has 0 aromatic rings. The van der Waals surface area contributed by atoms with E-state index in [0.717, 1.165) is 13.1 Å². The summed E-state index contributed by atoms with van der Waals surface area (Å²) in [6.45, 7) is 10.1. The van der Waals surface area contributed by atoms with Crippen LogP contribution in [0.5, 0.6) is 0 Å². The minimum Gasteiger partial charge on any atom is -0.361 e. The van der Waals surface area contributed by atoms with Crippen LogP contribution < -0.4 is 0 Å². The highest BCUT2D eigenvalue weighted by Crippen LogP contribution is 2.21. The van der Waals surface area contributed by atoms with E-state index in [1.54, 1.807) is 0 Å². The average molecular weight is 261 g/mol. The van der Waals surface area contributed by atoms with Crippen LogP contribution in [0, 0.1) is 0 Å². The Labute approximate surface area is 107 Å². The zero-order valence-corrected chi connectivity index (χ0v) is 12.5. The SMILES string of the molecule is CCO[Si](OCC)(OCC)N1CCCCCC1. The molecule has 0 unspecified atom stereocenters. The minimum atomic E-state index is -2.59. The van der Waals surface area contributed by atoms with Gasteiger partial charge in [0.25, 0.3) is 0 Å². The summed E-state index contributed by atoms with van der Waals surface area (Å²) in [6, 6.07) is 0. The highest BCUT2D eigenvalue weighted by Gasteiger charge is 2.48. The van der Waals surface area contributed by atoms with E-state index in [1.807, 2.05) is 20.8 Å². The fraction of sp³-hybridized carbons (Fsp3) is 1.00. The van der Waals surface area contributed by atoms with Gasteiger partial charge in [-0.05, 0) is 46.7 Å². The second kappa shape index (κ2) is 8.21. The van der Waals surface area contributed by atoms with Crippen molar-refractivity contribution in [3.05, 3.63) is 0 Å². The molecule has 102 valence electrons. The molecule has 1 fully saturated rings. The lowest BCUT2D eigenvalue weighted by atomic mass is 10.2. The Hall–Kier alpha value is 0.0569. The standard InChI is InChI=1S/C12H27NO3Si/c1-4-14-17(15-5-2,16-6-3)13-11-9-7-8-10-12-13/h4-12H2,1-3H3. The van der Waals surface area contributed by atoms with E-state index < -0.39 is 8.97 Å². The van der Waals surface area contributed by atoms with Crippen LogP contribution >= 0.6 is 0 Å². The predicted molar refractivity (Wildman–Crippen MR) is 70.7 cm³/mol. The van der Waals surface area contributed by atoms with E-state index in [4.69, 9.17) is 13.3 Å². The summed E-state index contributed by atoms with van der Waals surface area (Å²) in [5.41, 5.74) is 0. The summed E-state index contributed by atoms with van der Waals surface area (Å²) in [6.07, 6.45) is 5.07. The summed E-state index contributed by atoms with van der Waals surface area (Å²) in [4.78, 5) is 0. The Morgan fingerprint density at radius 1 is 0.765 bits per heavy atom. The van der Waals surface area contributed by atoms with Crippen LogP contribution in [0.2, 0.25) is 0 Å². The Bertz CT molecular complexity index is 179. The van der Waals surface area contributed by atoms with Crippen molar-refractivity contribution in [2.75, 3.05) is 32.9 Å². The zero-order valence-electron chi connectivity index (χ0n) is 11.5. The normalized spacial score (nSPS) is 19.2. The largest absolute Gasteiger partial charge is 0.599 e. The first-order valence-corrected chi connectivity index (χ1v) is 8.63. The Balaban J connectivity index is 2.75. The van der Waals surface area contributed by atoms with Crippen LogP contribution in [-0.4, -0.2) is 46.4 Å². The maximum Gasteiger partial charge on any atom is 0.599 e. The molecule has 0 atom stereocenters. The first-order chi connectivity index (χ1) is 8.29. The number of rotatable bonds is 7. The van der Waals surface area contributed by atoms with Gasteiger partial charge in [-0.25, -0.2) is 0 Å². The first-order valence-electron chi connectivity index (χ1n) is 6.96. The Morgan fingerprint density at radius 3 is 1.53 bits per heavy atom. The molecule has 1 heterocycles. The molecule has 1 aliphatic rings. The van der Waals surface area contributed by atoms with E-state index >= 15 is 0 Å². The topological polar surface area (TPSA) is 30.9 Å². The van der Waals surface area contributed by atoms with Crippen LogP contribution in [0.1, 0.15) is 46.5 Å². The van der Waals surface area contributed by atoms with Crippen molar-refractivity contribution in [2.45, 2.75) is 46.5 Å². The minimum absolute atomic E-state index is 0.655. The molecular weight excluding hydrogens is 234 g/mol. The smallest absolute Gasteiger partial charge is 0.361 e. The molecule has 0 radical (unpaired) electrons. The molecule has 1 aliphatic heterocycles. The number of hydrogen-bond acceptors (Lipinski definition) is 4. The van der Waals surface area contributed by atoms with E-state index in [2.05, 4.69) is 4.57 Å². The molecule has 0 amide bonds. The van der Waals surface area contributed by atoms with Crippen LogP contribution in [0.25, 0.3) is 0 Å². The Kier molecular flexibility index (Phi) is 7.30. The van der Waals surface area contributed by atoms with E-state index in [1.165, 1.54) is 25.7 Å². The molecule has 0 aromatic heterocycles. The molecule has 17 heavy (non-hydrogen) atoms. The summed E-state index contributed by atoms with van der Waals surface area (Å²) in [5, 5.41) is 0. The lowest BCUT2D eigenvalue weighted by Gasteiger charge is -2.36. The van der Waals surface area contributed by atoms with Gasteiger partial charge in [-0.15, -0.1) is 0 Å². The van der Waals surface area contributed by atoms with Crippen LogP contribution in [0.4, 0.5) is 0 Å². The molecule has 0 spiro atoms. The van der Waals surface area contributed by atoms with Crippen LogP contribution in [0.3, 0.4) is 0 Å². The molecule has 0 N–H and O–H groups in total. The van der Waals surface area contributed by atoms with Crippen molar-refractivity contribution in [3.8, 4) is 0 Å². The van der Waals surface area contributed by atoms with E-state index in [9.17, 15) is 0 Å². The molecule has 1 saturated heterocycles. The molecule has 1 rings (SSSR count). The van der Waals surface area contributed by atoms with Gasteiger partial charge in [-0.2, -0.15) is 0 Å². The van der Waals surface area contributed by atoms with Gasteiger partial charge in [-0.3, -0.25) is 4.57 Å². The summed E-state index contributed by atoms with van der Waals surface area (Å²) in [5.74, 6) is 0. The highest BCUT2D eigenvalue weighted by atomic mass is 28.4. The number of nitrogens with zero attached hydrogens (tertiary/aromatic N) is 1. The summed E-state index contributed by atoms with van der Waals surface area (Å²) < 4.78 is 20.1. The van der Waals surface area contributed by atoms with Gasteiger partial charge in [0.05, 0.1) is 0 Å². The van der Waals surface area contributed by atoms with E-state index in [-0.39, 0.29) is 0 Å².